The van der Waals surface area contributed by atoms with Crippen LogP contribution in [0.3, 0.4) is 0 Å². The highest BCUT2D eigenvalue weighted by Gasteiger charge is 2.26. The Morgan fingerprint density at radius 1 is 1.20 bits per heavy atom. The zero-order valence-electron chi connectivity index (χ0n) is 15.6. The van der Waals surface area contributed by atoms with Gasteiger partial charge in [0.2, 0.25) is 0 Å². The largest absolute Gasteiger partial charge is 0.456 e. The third-order valence-corrected chi connectivity index (χ3v) is 4.16. The number of nitrogens with zero attached hydrogens (tertiary/aromatic N) is 1. The van der Waals surface area contributed by atoms with Gasteiger partial charge in [0.25, 0.3) is 0 Å². The number of aromatic nitrogens is 1. The van der Waals surface area contributed by atoms with Crippen LogP contribution in [0.4, 0.5) is 11.4 Å². The van der Waals surface area contributed by atoms with Crippen molar-refractivity contribution in [2.45, 2.75) is 59.0 Å². The number of pyridine rings is 1. The second-order valence-corrected chi connectivity index (χ2v) is 7.88. The average molecular weight is 338 g/mol. The van der Waals surface area contributed by atoms with Crippen LogP contribution in [0, 0.1) is 13.8 Å². The number of hydrogen-bond acceptors (Lipinski definition) is 4. The van der Waals surface area contributed by atoms with Crippen molar-refractivity contribution < 1.29 is 9.53 Å². The lowest BCUT2D eigenvalue weighted by Gasteiger charge is -2.21. The predicted molar refractivity (Wildman–Crippen MR) is 101 cm³/mol. The van der Waals surface area contributed by atoms with E-state index in [1.165, 1.54) is 24.1 Å². The molecule has 1 aliphatic rings. The van der Waals surface area contributed by atoms with E-state index < -0.39 is 5.60 Å². The molecule has 4 nitrogen and oxygen atoms in total. The number of benzene rings is 1. The van der Waals surface area contributed by atoms with Crippen molar-refractivity contribution >= 4 is 17.3 Å². The minimum Gasteiger partial charge on any atom is -0.456 e. The van der Waals surface area contributed by atoms with Gasteiger partial charge < -0.3 is 10.1 Å². The molecule has 1 aromatic carbocycles. The van der Waals surface area contributed by atoms with Crippen LogP contribution in [0.1, 0.15) is 66.7 Å². The quantitative estimate of drug-likeness (QED) is 0.771. The summed E-state index contributed by atoms with van der Waals surface area (Å²) in [4.78, 5) is 17.2. The van der Waals surface area contributed by atoms with E-state index in [4.69, 9.17) is 4.74 Å². The molecule has 4 heteroatoms. The molecule has 1 N–H and O–H groups in total. The first-order chi connectivity index (χ1) is 11.7. The van der Waals surface area contributed by atoms with Gasteiger partial charge in [-0.25, -0.2) is 4.79 Å². The zero-order chi connectivity index (χ0) is 18.2. The summed E-state index contributed by atoms with van der Waals surface area (Å²) in [6.07, 6.45) is 4.32. The Kier molecular flexibility index (Phi) is 4.55. The third-order valence-electron chi connectivity index (χ3n) is 4.16. The molecule has 0 atom stereocenters. The van der Waals surface area contributed by atoms with Gasteiger partial charge in [-0.1, -0.05) is 11.6 Å². The number of esters is 1. The molecule has 1 fully saturated rings. The van der Waals surface area contributed by atoms with Crippen molar-refractivity contribution in [3.05, 3.63) is 52.8 Å². The van der Waals surface area contributed by atoms with Gasteiger partial charge in [0.15, 0.2) is 0 Å². The summed E-state index contributed by atoms with van der Waals surface area (Å²) in [5, 5.41) is 3.33. The van der Waals surface area contributed by atoms with E-state index in [0.717, 1.165) is 16.9 Å². The Morgan fingerprint density at radius 3 is 2.52 bits per heavy atom. The van der Waals surface area contributed by atoms with E-state index in [1.807, 2.05) is 52.1 Å². The second kappa shape index (κ2) is 6.51. The minimum atomic E-state index is -0.526. The molecule has 25 heavy (non-hydrogen) atoms. The normalized spacial score (nSPS) is 14.3. The number of carbonyl (C=O) groups is 1. The molecule has 0 amide bonds. The number of nitrogens with one attached hydrogen (secondary N) is 1. The summed E-state index contributed by atoms with van der Waals surface area (Å²) >= 11 is 0. The molecule has 1 saturated carbocycles. The molecule has 1 aromatic heterocycles. The first-order valence-electron chi connectivity index (χ1n) is 8.80. The van der Waals surface area contributed by atoms with Crippen molar-refractivity contribution in [3.8, 4) is 0 Å². The van der Waals surface area contributed by atoms with Gasteiger partial charge in [-0.15, -0.1) is 0 Å². The van der Waals surface area contributed by atoms with Crippen LogP contribution in [0.25, 0.3) is 0 Å². The van der Waals surface area contributed by atoms with Gasteiger partial charge in [0, 0.05) is 11.6 Å². The molecule has 2 aromatic rings. The fraction of sp³-hybridized carbons (Fsp3) is 0.429. The fourth-order valence-corrected chi connectivity index (χ4v) is 2.86. The van der Waals surface area contributed by atoms with Gasteiger partial charge in [0.1, 0.15) is 5.60 Å². The van der Waals surface area contributed by atoms with Crippen LogP contribution >= 0.6 is 0 Å². The molecule has 132 valence electrons. The number of rotatable bonds is 4. The molecule has 3 rings (SSSR count). The molecule has 1 aliphatic carbocycles. The van der Waals surface area contributed by atoms with Gasteiger partial charge in [0.05, 0.1) is 23.1 Å². The summed E-state index contributed by atoms with van der Waals surface area (Å²) in [7, 11) is 0. The number of aryl methyl sites for hydroxylation is 2. The molecule has 1 heterocycles. The van der Waals surface area contributed by atoms with E-state index >= 15 is 0 Å². The highest BCUT2D eigenvalue weighted by molar-refractivity contribution is 5.97. The number of carbonyl (C=O) groups excluding carboxylic acids is 1. The van der Waals surface area contributed by atoms with Crippen LogP contribution < -0.4 is 5.32 Å². The van der Waals surface area contributed by atoms with Crippen molar-refractivity contribution in [1.82, 2.24) is 4.98 Å². The standard InChI is InChI=1S/C21H26N2O2/c1-13-6-9-18(17(10-13)20(24)25-21(3,4)5)23-16-11-14(2)19(22-12-16)15-7-8-15/h6,9-12,15,23H,7-8H2,1-5H3. The topological polar surface area (TPSA) is 51.2 Å². The Balaban J connectivity index is 1.87. The van der Waals surface area contributed by atoms with Crippen LogP contribution in [-0.2, 0) is 4.74 Å². The second-order valence-electron chi connectivity index (χ2n) is 7.88. The molecule has 0 spiro atoms. The monoisotopic (exact) mass is 338 g/mol. The lowest BCUT2D eigenvalue weighted by molar-refractivity contribution is 0.00706. The van der Waals surface area contributed by atoms with Gasteiger partial charge in [-0.3, -0.25) is 4.98 Å². The van der Waals surface area contributed by atoms with E-state index in [9.17, 15) is 4.79 Å². The first kappa shape index (κ1) is 17.5. The lowest BCUT2D eigenvalue weighted by atomic mass is 10.1. The van der Waals surface area contributed by atoms with Crippen molar-refractivity contribution in [1.29, 1.82) is 0 Å². The first-order valence-corrected chi connectivity index (χ1v) is 8.80. The van der Waals surface area contributed by atoms with Crippen LogP contribution in [0.15, 0.2) is 30.5 Å². The maximum atomic E-state index is 12.6. The SMILES string of the molecule is Cc1ccc(Nc2cnc(C3CC3)c(C)c2)c(C(=O)OC(C)(C)C)c1. The molecule has 0 saturated heterocycles. The van der Waals surface area contributed by atoms with Gasteiger partial charge in [-0.05, 0) is 71.2 Å². The maximum Gasteiger partial charge on any atom is 0.340 e. The lowest BCUT2D eigenvalue weighted by Crippen LogP contribution is -2.24. The van der Waals surface area contributed by atoms with E-state index in [0.29, 0.717) is 11.5 Å². The van der Waals surface area contributed by atoms with E-state index in [2.05, 4.69) is 23.3 Å². The summed E-state index contributed by atoms with van der Waals surface area (Å²) in [6, 6.07) is 7.85. The molecule has 0 aliphatic heterocycles. The van der Waals surface area contributed by atoms with Crippen molar-refractivity contribution in [3.63, 3.8) is 0 Å². The Morgan fingerprint density at radius 2 is 1.92 bits per heavy atom. The number of ether oxygens (including phenoxy) is 1. The Bertz CT molecular complexity index is 802. The number of anilines is 2. The van der Waals surface area contributed by atoms with E-state index in [1.54, 1.807) is 0 Å². The van der Waals surface area contributed by atoms with Crippen molar-refractivity contribution in [2.75, 3.05) is 5.32 Å². The maximum absolute atomic E-state index is 12.6. The highest BCUT2D eigenvalue weighted by Crippen LogP contribution is 2.40. The van der Waals surface area contributed by atoms with Crippen LogP contribution in [-0.4, -0.2) is 16.6 Å². The van der Waals surface area contributed by atoms with Gasteiger partial charge in [-0.2, -0.15) is 0 Å². The molecule has 0 unspecified atom stereocenters. The number of hydrogen-bond donors (Lipinski definition) is 1. The third kappa shape index (κ3) is 4.38. The summed E-state index contributed by atoms with van der Waals surface area (Å²) in [5.74, 6) is 0.309. The molecular weight excluding hydrogens is 312 g/mol. The summed E-state index contributed by atoms with van der Waals surface area (Å²) < 4.78 is 5.55. The minimum absolute atomic E-state index is 0.321. The summed E-state index contributed by atoms with van der Waals surface area (Å²) in [5.41, 5.74) is 5.04. The molecule has 0 radical (unpaired) electrons. The Labute approximate surface area is 149 Å². The molecule has 0 bridgehead atoms. The predicted octanol–water partition coefficient (Wildman–Crippen LogP) is 5.27. The van der Waals surface area contributed by atoms with Crippen LogP contribution in [0.5, 0.6) is 0 Å². The van der Waals surface area contributed by atoms with Crippen LogP contribution in [0.2, 0.25) is 0 Å². The van der Waals surface area contributed by atoms with E-state index in [-0.39, 0.29) is 5.97 Å². The molecular formula is C21H26N2O2. The van der Waals surface area contributed by atoms with Crippen molar-refractivity contribution in [2.24, 2.45) is 0 Å². The fourth-order valence-electron chi connectivity index (χ4n) is 2.86. The van der Waals surface area contributed by atoms with Gasteiger partial charge >= 0.3 is 5.97 Å². The average Bonchev–Trinajstić information content (AvgIpc) is 3.32. The summed E-state index contributed by atoms with van der Waals surface area (Å²) in [6.45, 7) is 9.68. The smallest absolute Gasteiger partial charge is 0.340 e. The Hall–Kier alpha value is -2.36. The highest BCUT2D eigenvalue weighted by atomic mass is 16.6. The zero-order valence-corrected chi connectivity index (χ0v) is 15.6.